The minimum atomic E-state index is -0.419. The van der Waals surface area contributed by atoms with Crippen molar-refractivity contribution in [2.45, 2.75) is 51.0 Å². The minimum absolute atomic E-state index is 0.419. The molecule has 1 saturated carbocycles. The molecule has 2 atom stereocenters. The zero-order valence-corrected chi connectivity index (χ0v) is 8.84. The maximum absolute atomic E-state index is 10.4. The van der Waals surface area contributed by atoms with E-state index in [1.54, 1.807) is 11.1 Å². The van der Waals surface area contributed by atoms with Gasteiger partial charge in [0.2, 0.25) is 0 Å². The first-order chi connectivity index (χ1) is 6.73. The SMILES string of the molecule is CCC1=C2C[C@H]3CCC[C@]3(O)C=C2C1. The summed E-state index contributed by atoms with van der Waals surface area (Å²) in [5, 5.41) is 10.4. The van der Waals surface area contributed by atoms with Crippen LogP contribution in [0.1, 0.15) is 45.4 Å². The van der Waals surface area contributed by atoms with Crippen LogP contribution in [0.3, 0.4) is 0 Å². The van der Waals surface area contributed by atoms with E-state index in [0.717, 1.165) is 19.3 Å². The highest BCUT2D eigenvalue weighted by molar-refractivity contribution is 5.52. The van der Waals surface area contributed by atoms with Crippen LogP contribution < -0.4 is 0 Å². The van der Waals surface area contributed by atoms with E-state index in [1.807, 2.05) is 0 Å². The van der Waals surface area contributed by atoms with Crippen molar-refractivity contribution in [3.63, 3.8) is 0 Å². The molecule has 3 aliphatic rings. The number of rotatable bonds is 1. The Morgan fingerprint density at radius 2 is 2.43 bits per heavy atom. The van der Waals surface area contributed by atoms with Crippen LogP contribution >= 0.6 is 0 Å². The number of fused-ring (bicyclic) bond motifs is 2. The van der Waals surface area contributed by atoms with Gasteiger partial charge in [-0.05, 0) is 61.7 Å². The maximum atomic E-state index is 10.4. The number of hydrogen-bond donors (Lipinski definition) is 1. The topological polar surface area (TPSA) is 20.2 Å². The number of allylic oxidation sites excluding steroid dienone is 3. The summed E-state index contributed by atoms with van der Waals surface area (Å²) >= 11 is 0. The van der Waals surface area contributed by atoms with Crippen LogP contribution in [-0.4, -0.2) is 10.7 Å². The predicted molar refractivity (Wildman–Crippen MR) is 56.9 cm³/mol. The third-order valence-electron chi connectivity index (χ3n) is 4.36. The Morgan fingerprint density at radius 3 is 3.21 bits per heavy atom. The fraction of sp³-hybridized carbons (Fsp3) is 0.692. The molecule has 1 heteroatoms. The molecule has 3 rings (SSSR count). The largest absolute Gasteiger partial charge is 0.385 e. The lowest BCUT2D eigenvalue weighted by Crippen LogP contribution is -2.36. The van der Waals surface area contributed by atoms with Gasteiger partial charge >= 0.3 is 0 Å². The van der Waals surface area contributed by atoms with Crippen LogP contribution in [-0.2, 0) is 0 Å². The number of aliphatic hydroxyl groups is 1. The molecule has 0 aliphatic heterocycles. The highest BCUT2D eigenvalue weighted by Crippen LogP contribution is 2.52. The highest BCUT2D eigenvalue weighted by atomic mass is 16.3. The Kier molecular flexibility index (Phi) is 1.70. The second-order valence-corrected chi connectivity index (χ2v) is 5.07. The normalized spacial score (nSPS) is 40.1. The van der Waals surface area contributed by atoms with E-state index in [-0.39, 0.29) is 0 Å². The van der Waals surface area contributed by atoms with Crippen molar-refractivity contribution in [2.24, 2.45) is 5.92 Å². The van der Waals surface area contributed by atoms with Gasteiger partial charge in [-0.2, -0.15) is 0 Å². The first-order valence-corrected chi connectivity index (χ1v) is 5.88. The van der Waals surface area contributed by atoms with Crippen molar-refractivity contribution in [2.75, 3.05) is 0 Å². The summed E-state index contributed by atoms with van der Waals surface area (Å²) in [6, 6.07) is 0. The first kappa shape index (κ1) is 8.72. The highest BCUT2D eigenvalue weighted by Gasteiger charge is 2.45. The van der Waals surface area contributed by atoms with E-state index in [1.165, 1.54) is 24.8 Å². The molecule has 0 amide bonds. The van der Waals surface area contributed by atoms with Crippen molar-refractivity contribution in [1.82, 2.24) is 0 Å². The Morgan fingerprint density at radius 1 is 1.57 bits per heavy atom. The van der Waals surface area contributed by atoms with Gasteiger partial charge in [0.25, 0.3) is 0 Å². The molecule has 1 N–H and O–H groups in total. The summed E-state index contributed by atoms with van der Waals surface area (Å²) in [5.41, 5.74) is 4.29. The van der Waals surface area contributed by atoms with E-state index in [4.69, 9.17) is 0 Å². The van der Waals surface area contributed by atoms with Gasteiger partial charge in [-0.15, -0.1) is 0 Å². The van der Waals surface area contributed by atoms with E-state index in [2.05, 4.69) is 13.0 Å². The van der Waals surface area contributed by atoms with Crippen LogP contribution in [0.15, 0.2) is 22.8 Å². The summed E-state index contributed by atoms with van der Waals surface area (Å²) in [6.07, 6.45) is 9.13. The van der Waals surface area contributed by atoms with Crippen molar-refractivity contribution in [3.8, 4) is 0 Å². The summed E-state index contributed by atoms with van der Waals surface area (Å²) in [7, 11) is 0. The molecular formula is C13H18O. The standard InChI is InChI=1S/C13H18O/c1-2-9-6-10-8-13(14)5-3-4-11(13)7-12(9)10/h8,11,14H,2-7H2,1H3/t11-,13+/m1/s1. The first-order valence-electron chi connectivity index (χ1n) is 5.88. The molecule has 0 heterocycles. The maximum Gasteiger partial charge on any atom is 0.0864 e. The molecule has 0 aromatic heterocycles. The van der Waals surface area contributed by atoms with Crippen molar-refractivity contribution in [3.05, 3.63) is 22.8 Å². The molecule has 0 bridgehead atoms. The quantitative estimate of drug-likeness (QED) is 0.674. The molecule has 0 aromatic rings. The van der Waals surface area contributed by atoms with Gasteiger partial charge in [-0.25, -0.2) is 0 Å². The van der Waals surface area contributed by atoms with Gasteiger partial charge in [0.1, 0.15) is 0 Å². The lowest BCUT2D eigenvalue weighted by atomic mass is 9.68. The van der Waals surface area contributed by atoms with Gasteiger partial charge in [-0.1, -0.05) is 12.5 Å². The zero-order valence-electron chi connectivity index (χ0n) is 8.84. The molecule has 1 nitrogen and oxygen atoms in total. The Balaban J connectivity index is 1.98. The van der Waals surface area contributed by atoms with Gasteiger partial charge in [0, 0.05) is 0 Å². The molecule has 3 aliphatic carbocycles. The monoisotopic (exact) mass is 190 g/mol. The second kappa shape index (κ2) is 2.73. The van der Waals surface area contributed by atoms with Crippen LogP contribution in [0.5, 0.6) is 0 Å². The van der Waals surface area contributed by atoms with E-state index >= 15 is 0 Å². The molecule has 0 unspecified atom stereocenters. The summed E-state index contributed by atoms with van der Waals surface area (Å²) in [6.45, 7) is 2.24. The average Bonchev–Trinajstić information content (AvgIpc) is 2.50. The smallest absolute Gasteiger partial charge is 0.0864 e. The molecule has 0 saturated heterocycles. The fourth-order valence-corrected chi connectivity index (χ4v) is 3.42. The van der Waals surface area contributed by atoms with Gasteiger partial charge in [0.05, 0.1) is 5.60 Å². The zero-order chi connectivity index (χ0) is 9.76. The van der Waals surface area contributed by atoms with Crippen molar-refractivity contribution < 1.29 is 5.11 Å². The van der Waals surface area contributed by atoms with Gasteiger partial charge in [-0.3, -0.25) is 0 Å². The molecule has 14 heavy (non-hydrogen) atoms. The third-order valence-corrected chi connectivity index (χ3v) is 4.36. The fourth-order valence-electron chi connectivity index (χ4n) is 3.42. The lowest BCUT2D eigenvalue weighted by Gasteiger charge is -2.40. The van der Waals surface area contributed by atoms with Crippen molar-refractivity contribution in [1.29, 1.82) is 0 Å². The molecule has 76 valence electrons. The lowest BCUT2D eigenvalue weighted by molar-refractivity contribution is 0.0451. The van der Waals surface area contributed by atoms with Crippen molar-refractivity contribution >= 4 is 0 Å². The Labute approximate surface area is 85.5 Å². The third kappa shape index (κ3) is 0.993. The molecular weight excluding hydrogens is 172 g/mol. The van der Waals surface area contributed by atoms with Crippen LogP contribution in [0.25, 0.3) is 0 Å². The summed E-state index contributed by atoms with van der Waals surface area (Å²) < 4.78 is 0. The van der Waals surface area contributed by atoms with E-state index < -0.39 is 5.60 Å². The number of hydrogen-bond acceptors (Lipinski definition) is 1. The molecule has 0 spiro atoms. The van der Waals surface area contributed by atoms with Crippen LogP contribution in [0.2, 0.25) is 0 Å². The van der Waals surface area contributed by atoms with Crippen LogP contribution in [0, 0.1) is 5.92 Å². The Bertz CT molecular complexity index is 337. The van der Waals surface area contributed by atoms with E-state index in [0.29, 0.717) is 5.92 Å². The van der Waals surface area contributed by atoms with E-state index in [9.17, 15) is 5.11 Å². The summed E-state index contributed by atoms with van der Waals surface area (Å²) in [5.74, 6) is 0.531. The molecule has 1 fully saturated rings. The average molecular weight is 190 g/mol. The molecule has 0 radical (unpaired) electrons. The Hall–Kier alpha value is -0.560. The minimum Gasteiger partial charge on any atom is -0.385 e. The summed E-state index contributed by atoms with van der Waals surface area (Å²) in [4.78, 5) is 0. The van der Waals surface area contributed by atoms with Gasteiger partial charge < -0.3 is 5.11 Å². The van der Waals surface area contributed by atoms with Crippen LogP contribution in [0.4, 0.5) is 0 Å². The van der Waals surface area contributed by atoms with Gasteiger partial charge in [0.15, 0.2) is 0 Å². The molecule has 0 aromatic carbocycles. The predicted octanol–water partition coefficient (Wildman–Crippen LogP) is 2.96. The second-order valence-electron chi connectivity index (χ2n) is 5.07.